The zero-order chi connectivity index (χ0) is 25.9. The maximum atomic E-state index is 13.6. The van der Waals surface area contributed by atoms with Crippen LogP contribution in [0.25, 0.3) is 22.3 Å². The Hall–Kier alpha value is -3.72. The van der Waals surface area contributed by atoms with Crippen LogP contribution in [-0.2, 0) is 28.3 Å². The van der Waals surface area contributed by atoms with E-state index in [1.54, 1.807) is 22.5 Å². The zero-order valence-corrected chi connectivity index (χ0v) is 21.1. The first-order chi connectivity index (χ1) is 17.9. The molecule has 0 fully saturated rings. The van der Waals surface area contributed by atoms with E-state index in [0.717, 1.165) is 42.3 Å². The smallest absolute Gasteiger partial charge is 0.343 e. The van der Waals surface area contributed by atoms with Gasteiger partial charge in [-0.05, 0) is 31.0 Å². The molecular weight excluding hydrogens is 472 g/mol. The molecule has 6 rings (SSSR count). The van der Waals surface area contributed by atoms with Crippen molar-refractivity contribution in [2.45, 2.75) is 71.1 Å². The summed E-state index contributed by atoms with van der Waals surface area (Å²) in [7, 11) is 0. The van der Waals surface area contributed by atoms with E-state index in [9.17, 15) is 19.5 Å². The molecule has 2 amide bonds. The number of ether oxygens (including phenoxy) is 1. The van der Waals surface area contributed by atoms with Gasteiger partial charge >= 0.3 is 12.0 Å². The SMILES string of the molecule is CCCCCCCN1C(=O)Nc2cccc3nc4c(c1c23)Cn1c-4cc2c(c1=O)COC(=O)[C@]2(O)CC. The first kappa shape index (κ1) is 23.7. The van der Waals surface area contributed by atoms with E-state index >= 15 is 0 Å². The molecule has 9 heteroatoms. The number of aliphatic hydroxyl groups is 1. The summed E-state index contributed by atoms with van der Waals surface area (Å²) < 4.78 is 6.80. The van der Waals surface area contributed by atoms with E-state index in [0.29, 0.717) is 29.1 Å². The summed E-state index contributed by atoms with van der Waals surface area (Å²) >= 11 is 0. The Balaban J connectivity index is 1.53. The van der Waals surface area contributed by atoms with Crippen molar-refractivity contribution in [2.24, 2.45) is 0 Å². The maximum absolute atomic E-state index is 13.6. The number of carbonyl (C=O) groups excluding carboxylic acids is 2. The fourth-order valence-corrected chi connectivity index (χ4v) is 5.88. The predicted molar refractivity (Wildman–Crippen MR) is 140 cm³/mol. The van der Waals surface area contributed by atoms with Crippen molar-refractivity contribution in [3.63, 3.8) is 0 Å². The average molecular weight is 503 g/mol. The van der Waals surface area contributed by atoms with Crippen molar-refractivity contribution < 1.29 is 19.4 Å². The fourth-order valence-electron chi connectivity index (χ4n) is 5.88. The largest absolute Gasteiger partial charge is 0.458 e. The summed E-state index contributed by atoms with van der Waals surface area (Å²) in [6.07, 6.45) is 5.43. The van der Waals surface area contributed by atoms with Gasteiger partial charge in [0, 0.05) is 23.1 Å². The first-order valence-electron chi connectivity index (χ1n) is 13.1. The molecule has 0 saturated carbocycles. The van der Waals surface area contributed by atoms with Crippen LogP contribution in [-0.4, -0.2) is 33.2 Å². The molecule has 2 N–H and O–H groups in total. The minimum atomic E-state index is -1.88. The summed E-state index contributed by atoms with van der Waals surface area (Å²) in [5.41, 5.74) is 2.52. The molecule has 1 aromatic carbocycles. The third-order valence-corrected chi connectivity index (χ3v) is 7.93. The lowest BCUT2D eigenvalue weighted by molar-refractivity contribution is -0.172. The molecule has 2 aromatic heterocycles. The average Bonchev–Trinajstić information content (AvgIpc) is 3.26. The van der Waals surface area contributed by atoms with Crippen LogP contribution < -0.4 is 15.8 Å². The van der Waals surface area contributed by atoms with Gasteiger partial charge in [-0.2, -0.15) is 0 Å². The highest BCUT2D eigenvalue weighted by atomic mass is 16.6. The first-order valence-corrected chi connectivity index (χ1v) is 13.1. The number of benzene rings is 1. The highest BCUT2D eigenvalue weighted by Gasteiger charge is 2.46. The second-order valence-corrected chi connectivity index (χ2v) is 10.1. The van der Waals surface area contributed by atoms with Gasteiger partial charge < -0.3 is 19.7 Å². The molecule has 9 nitrogen and oxygen atoms in total. The number of aromatic nitrogens is 2. The minimum absolute atomic E-state index is 0.0837. The Morgan fingerprint density at radius 2 is 1.92 bits per heavy atom. The Labute approximate surface area is 214 Å². The van der Waals surface area contributed by atoms with E-state index in [4.69, 9.17) is 9.72 Å². The van der Waals surface area contributed by atoms with Gasteiger partial charge in [0.1, 0.15) is 6.61 Å². The maximum Gasteiger partial charge on any atom is 0.343 e. The van der Waals surface area contributed by atoms with Crippen LogP contribution in [0.1, 0.15) is 69.1 Å². The van der Waals surface area contributed by atoms with E-state index in [1.165, 1.54) is 6.42 Å². The summed E-state index contributed by atoms with van der Waals surface area (Å²) in [6, 6.07) is 7.14. The van der Waals surface area contributed by atoms with Crippen molar-refractivity contribution in [1.29, 1.82) is 0 Å². The van der Waals surface area contributed by atoms with Crippen LogP contribution in [0, 0.1) is 0 Å². The number of rotatable bonds is 7. The number of anilines is 2. The second-order valence-electron chi connectivity index (χ2n) is 10.1. The van der Waals surface area contributed by atoms with Gasteiger partial charge in [-0.3, -0.25) is 9.69 Å². The van der Waals surface area contributed by atoms with Crippen LogP contribution in [0.4, 0.5) is 16.2 Å². The highest BCUT2D eigenvalue weighted by Crippen LogP contribution is 2.46. The minimum Gasteiger partial charge on any atom is -0.458 e. The van der Waals surface area contributed by atoms with E-state index in [1.807, 2.05) is 18.2 Å². The van der Waals surface area contributed by atoms with Crippen LogP contribution in [0.2, 0.25) is 0 Å². The molecule has 37 heavy (non-hydrogen) atoms. The number of unbranched alkanes of at least 4 members (excludes halogenated alkanes) is 4. The molecule has 0 bridgehead atoms. The number of pyridine rings is 2. The summed E-state index contributed by atoms with van der Waals surface area (Å²) in [6.45, 7) is 4.50. The molecule has 0 unspecified atom stereocenters. The van der Waals surface area contributed by atoms with Gasteiger partial charge in [0.05, 0.1) is 40.4 Å². The fraction of sp³-hybridized carbons (Fsp3) is 0.429. The third-order valence-electron chi connectivity index (χ3n) is 7.93. The molecule has 1 atom stereocenters. The molecule has 0 spiro atoms. The molecule has 5 heterocycles. The van der Waals surface area contributed by atoms with Gasteiger partial charge in [-0.25, -0.2) is 14.6 Å². The molecule has 3 aliphatic heterocycles. The lowest BCUT2D eigenvalue weighted by Gasteiger charge is -2.31. The van der Waals surface area contributed by atoms with Crippen molar-refractivity contribution in [2.75, 3.05) is 16.8 Å². The van der Waals surface area contributed by atoms with Gasteiger partial charge in [0.2, 0.25) is 0 Å². The van der Waals surface area contributed by atoms with E-state index in [2.05, 4.69) is 12.2 Å². The number of fused-ring (bicyclic) bond motifs is 5. The van der Waals surface area contributed by atoms with Gasteiger partial charge in [0.15, 0.2) is 5.60 Å². The predicted octanol–water partition coefficient (Wildman–Crippen LogP) is 4.40. The Morgan fingerprint density at radius 1 is 1.11 bits per heavy atom. The number of hydrogen-bond acceptors (Lipinski definition) is 6. The highest BCUT2D eigenvalue weighted by molar-refractivity contribution is 6.19. The number of cyclic esters (lactones) is 1. The van der Waals surface area contributed by atoms with Crippen LogP contribution in [0.3, 0.4) is 0 Å². The topological polar surface area (TPSA) is 114 Å². The summed E-state index contributed by atoms with van der Waals surface area (Å²) in [5, 5.41) is 15.0. The number of carbonyl (C=O) groups is 2. The standard InChI is InChI=1S/C28H30N4O5/c1-3-5-6-7-8-12-31-24-16-14-32-21(13-18-17(25(32)33)15-37-26(34)28(18,36)4-2)23(16)29-19-10-9-11-20(22(19)24)30-27(31)35/h9-11,13,36H,3-8,12,14-15H2,1-2H3,(H,30,35)/t28-/m0/s1. The lowest BCUT2D eigenvalue weighted by Crippen LogP contribution is -2.44. The van der Waals surface area contributed by atoms with Gasteiger partial charge in [-0.15, -0.1) is 0 Å². The molecule has 0 radical (unpaired) electrons. The Bertz CT molecular complexity index is 1530. The number of nitrogens with one attached hydrogen (secondary N) is 1. The molecule has 0 aliphatic carbocycles. The quantitative estimate of drug-likeness (QED) is 0.286. The van der Waals surface area contributed by atoms with Crippen molar-refractivity contribution in [3.8, 4) is 11.4 Å². The van der Waals surface area contributed by atoms with Crippen LogP contribution >= 0.6 is 0 Å². The Morgan fingerprint density at radius 3 is 2.70 bits per heavy atom. The van der Waals surface area contributed by atoms with Crippen LogP contribution in [0.5, 0.6) is 0 Å². The van der Waals surface area contributed by atoms with Crippen LogP contribution in [0.15, 0.2) is 29.1 Å². The number of esters is 1. The summed E-state index contributed by atoms with van der Waals surface area (Å²) in [4.78, 5) is 46.1. The Kier molecular flexibility index (Phi) is 5.56. The molecular formula is C28H30N4O5. The number of urea groups is 1. The van der Waals surface area contributed by atoms with E-state index in [-0.39, 0.29) is 42.3 Å². The lowest BCUT2D eigenvalue weighted by atomic mass is 9.86. The van der Waals surface area contributed by atoms with Crippen molar-refractivity contribution >= 4 is 34.3 Å². The normalized spacial score (nSPS) is 19.4. The summed E-state index contributed by atoms with van der Waals surface area (Å²) in [5.74, 6) is -0.748. The molecule has 192 valence electrons. The van der Waals surface area contributed by atoms with Crippen molar-refractivity contribution in [1.82, 2.24) is 9.55 Å². The van der Waals surface area contributed by atoms with E-state index < -0.39 is 11.6 Å². The molecule has 3 aliphatic rings. The number of amides is 2. The molecule has 3 aromatic rings. The second kappa shape index (κ2) is 8.69. The molecule has 0 saturated heterocycles. The monoisotopic (exact) mass is 502 g/mol. The van der Waals surface area contributed by atoms with Gasteiger partial charge in [0.25, 0.3) is 5.56 Å². The van der Waals surface area contributed by atoms with Crippen molar-refractivity contribution in [3.05, 3.63) is 51.3 Å². The zero-order valence-electron chi connectivity index (χ0n) is 21.1. The number of hydrogen-bond donors (Lipinski definition) is 2. The van der Waals surface area contributed by atoms with Gasteiger partial charge in [-0.1, -0.05) is 45.6 Å². The number of nitrogens with zero attached hydrogens (tertiary/aromatic N) is 3. The third kappa shape index (κ3) is 3.40.